The molecule has 0 aliphatic heterocycles. The summed E-state index contributed by atoms with van der Waals surface area (Å²) in [6, 6.07) is 7.48. The number of anilines is 2. The van der Waals surface area contributed by atoms with Gasteiger partial charge in [-0.3, -0.25) is 0 Å². The first-order valence-corrected chi connectivity index (χ1v) is 6.84. The smallest absolute Gasteiger partial charge is 0.228 e. The third kappa shape index (κ3) is 3.75. The van der Waals surface area contributed by atoms with Gasteiger partial charge >= 0.3 is 0 Å². The Bertz CT molecular complexity index is 505. The highest BCUT2D eigenvalue weighted by atomic mass is 35.5. The minimum atomic E-state index is 0.527. The van der Waals surface area contributed by atoms with E-state index in [0.29, 0.717) is 17.8 Å². The van der Waals surface area contributed by atoms with Gasteiger partial charge in [-0.2, -0.15) is 4.98 Å². The lowest BCUT2D eigenvalue weighted by Crippen LogP contribution is -2.14. The number of nitrogens with one attached hydrogen (secondary N) is 2. The lowest BCUT2D eigenvalue weighted by Gasteiger charge is -2.08. The summed E-state index contributed by atoms with van der Waals surface area (Å²) in [5, 5.41) is 7.66. The minimum Gasteiger partial charge on any atom is -0.368 e. The summed E-state index contributed by atoms with van der Waals surface area (Å²) in [4.78, 5) is 12.2. The zero-order valence-electron chi connectivity index (χ0n) is 9.72. The Morgan fingerprint density at radius 2 is 1.94 bits per heavy atom. The van der Waals surface area contributed by atoms with Crippen LogP contribution in [0.5, 0.6) is 0 Å². The lowest BCUT2D eigenvalue weighted by atomic mass is 10.3. The summed E-state index contributed by atoms with van der Waals surface area (Å²) < 4.78 is 0. The van der Waals surface area contributed by atoms with Crippen LogP contribution in [0.25, 0.3) is 0 Å². The molecule has 0 radical (unpaired) electrons. The van der Waals surface area contributed by atoms with Crippen LogP contribution in [0.1, 0.15) is 0 Å². The van der Waals surface area contributed by atoms with Crippen LogP contribution in [0, 0.1) is 0 Å². The number of hydrogen-bond acceptors (Lipinski definition) is 6. The molecule has 1 aromatic carbocycles. The Kier molecular flexibility index (Phi) is 4.60. The van der Waals surface area contributed by atoms with Crippen LogP contribution >= 0.6 is 23.4 Å². The van der Waals surface area contributed by atoms with Gasteiger partial charge in [-0.25, -0.2) is 9.97 Å². The number of aromatic nitrogens is 3. The summed E-state index contributed by atoms with van der Waals surface area (Å²) in [7, 11) is 0. The van der Waals surface area contributed by atoms with Crippen LogP contribution in [0.2, 0.25) is 5.02 Å². The van der Waals surface area contributed by atoms with Crippen LogP contribution in [0.15, 0.2) is 35.7 Å². The molecule has 2 aromatic rings. The molecule has 7 heteroatoms. The predicted octanol–water partition coefficient (Wildman–Crippen LogP) is 2.73. The summed E-state index contributed by atoms with van der Waals surface area (Å²) in [5.41, 5.74) is 0.978. The first-order chi connectivity index (χ1) is 8.78. The van der Waals surface area contributed by atoms with Gasteiger partial charge < -0.3 is 10.6 Å². The van der Waals surface area contributed by atoms with Crippen LogP contribution in [0.4, 0.5) is 11.6 Å². The maximum absolute atomic E-state index is 5.80. The first-order valence-electron chi connectivity index (χ1n) is 5.24. The molecule has 1 aromatic heterocycles. The first kappa shape index (κ1) is 12.9. The normalized spacial score (nSPS) is 10.1. The van der Waals surface area contributed by atoms with Crippen molar-refractivity contribution in [1.82, 2.24) is 15.0 Å². The van der Waals surface area contributed by atoms with Crippen molar-refractivity contribution in [2.75, 3.05) is 23.6 Å². The van der Waals surface area contributed by atoms with Crippen LogP contribution in [0.3, 0.4) is 0 Å². The van der Waals surface area contributed by atoms with Crippen molar-refractivity contribution in [3.05, 3.63) is 35.6 Å². The molecule has 0 fully saturated rings. The number of rotatable bonds is 5. The van der Waals surface area contributed by atoms with Crippen molar-refractivity contribution in [1.29, 1.82) is 0 Å². The van der Waals surface area contributed by atoms with Gasteiger partial charge in [0.2, 0.25) is 5.95 Å². The van der Waals surface area contributed by atoms with Gasteiger partial charge in [-0.15, -0.1) is 0 Å². The van der Waals surface area contributed by atoms with E-state index in [0.717, 1.165) is 10.7 Å². The monoisotopic (exact) mass is 281 g/mol. The van der Waals surface area contributed by atoms with E-state index in [1.165, 1.54) is 18.1 Å². The Morgan fingerprint density at radius 1 is 1.17 bits per heavy atom. The fraction of sp³-hybridized carbons (Fsp3) is 0.182. The van der Waals surface area contributed by atoms with Gasteiger partial charge in [0.05, 0.1) is 6.67 Å². The molecule has 1 heterocycles. The molecular weight excluding hydrogens is 270 g/mol. The maximum atomic E-state index is 5.80. The second-order valence-corrected chi connectivity index (χ2v) is 4.54. The molecule has 0 amide bonds. The molecule has 2 N–H and O–H groups in total. The Balaban J connectivity index is 1.86. The van der Waals surface area contributed by atoms with Gasteiger partial charge in [-0.05, 0) is 30.5 Å². The summed E-state index contributed by atoms with van der Waals surface area (Å²) in [6.07, 6.45) is 3.41. The zero-order valence-corrected chi connectivity index (χ0v) is 11.3. The van der Waals surface area contributed by atoms with E-state index in [1.54, 1.807) is 0 Å². The lowest BCUT2D eigenvalue weighted by molar-refractivity contribution is 0.901. The van der Waals surface area contributed by atoms with Gasteiger partial charge in [0.1, 0.15) is 6.33 Å². The predicted molar refractivity (Wildman–Crippen MR) is 75.2 cm³/mol. The van der Waals surface area contributed by atoms with Crippen LogP contribution in [-0.4, -0.2) is 27.9 Å². The number of halogens is 1. The maximum Gasteiger partial charge on any atom is 0.228 e. The third-order valence-corrected chi connectivity index (χ3v) is 2.93. The number of benzene rings is 1. The van der Waals surface area contributed by atoms with Gasteiger partial charge in [0, 0.05) is 10.7 Å². The Hall–Kier alpha value is -1.53. The van der Waals surface area contributed by atoms with E-state index >= 15 is 0 Å². The highest BCUT2D eigenvalue weighted by Gasteiger charge is 1.98. The van der Waals surface area contributed by atoms with Gasteiger partial charge in [-0.1, -0.05) is 23.4 Å². The average molecular weight is 282 g/mol. The number of hydrogen-bond donors (Lipinski definition) is 2. The van der Waals surface area contributed by atoms with Crippen molar-refractivity contribution in [2.45, 2.75) is 5.16 Å². The topological polar surface area (TPSA) is 62.7 Å². The average Bonchev–Trinajstić information content (AvgIpc) is 2.41. The van der Waals surface area contributed by atoms with Crippen molar-refractivity contribution in [2.24, 2.45) is 0 Å². The molecule has 0 saturated heterocycles. The van der Waals surface area contributed by atoms with E-state index < -0.39 is 0 Å². The van der Waals surface area contributed by atoms with Crippen LogP contribution in [-0.2, 0) is 0 Å². The Labute approximate surface area is 114 Å². The van der Waals surface area contributed by atoms with E-state index in [9.17, 15) is 0 Å². The molecule has 0 bridgehead atoms. The SMILES string of the molecule is CSc1ncnc(NCNc2ccc(Cl)cc2)n1. The number of nitrogens with zero attached hydrogens (tertiary/aromatic N) is 3. The third-order valence-electron chi connectivity index (χ3n) is 2.12. The molecule has 0 atom stereocenters. The fourth-order valence-corrected chi connectivity index (χ4v) is 1.71. The summed E-state index contributed by atoms with van der Waals surface area (Å²) in [5.74, 6) is 0.552. The molecule has 94 valence electrons. The quantitative estimate of drug-likeness (QED) is 0.649. The molecule has 0 unspecified atom stereocenters. The van der Waals surface area contributed by atoms with Crippen molar-refractivity contribution in [3.63, 3.8) is 0 Å². The second kappa shape index (κ2) is 6.42. The van der Waals surface area contributed by atoms with Gasteiger partial charge in [0.15, 0.2) is 5.16 Å². The summed E-state index contributed by atoms with van der Waals surface area (Å²) >= 11 is 7.28. The number of thioether (sulfide) groups is 1. The highest BCUT2D eigenvalue weighted by Crippen LogP contribution is 2.13. The van der Waals surface area contributed by atoms with E-state index in [4.69, 9.17) is 11.6 Å². The molecule has 18 heavy (non-hydrogen) atoms. The molecule has 0 saturated carbocycles. The molecule has 0 aliphatic rings. The largest absolute Gasteiger partial charge is 0.368 e. The van der Waals surface area contributed by atoms with Crippen molar-refractivity contribution in [3.8, 4) is 0 Å². The fourth-order valence-electron chi connectivity index (χ4n) is 1.26. The van der Waals surface area contributed by atoms with E-state index in [1.807, 2.05) is 30.5 Å². The van der Waals surface area contributed by atoms with E-state index in [2.05, 4.69) is 25.6 Å². The van der Waals surface area contributed by atoms with Crippen molar-refractivity contribution >= 4 is 35.0 Å². The summed E-state index contributed by atoms with van der Waals surface area (Å²) in [6.45, 7) is 0.527. The standard InChI is InChI=1S/C11H12ClN5S/c1-18-11-16-7-15-10(17-11)14-6-13-9-4-2-8(12)3-5-9/h2-5,7,13H,6H2,1H3,(H,14,15,16,17). The molecule has 5 nitrogen and oxygen atoms in total. The molecule has 0 spiro atoms. The highest BCUT2D eigenvalue weighted by molar-refractivity contribution is 7.98. The zero-order chi connectivity index (χ0) is 12.8. The molecule has 2 rings (SSSR count). The second-order valence-electron chi connectivity index (χ2n) is 3.33. The Morgan fingerprint density at radius 3 is 2.67 bits per heavy atom. The van der Waals surface area contributed by atoms with Crippen LogP contribution < -0.4 is 10.6 Å². The van der Waals surface area contributed by atoms with E-state index in [-0.39, 0.29) is 0 Å². The molecule has 0 aliphatic carbocycles. The van der Waals surface area contributed by atoms with Gasteiger partial charge in [0.25, 0.3) is 0 Å². The molecular formula is C11H12ClN5S. The van der Waals surface area contributed by atoms with Crippen molar-refractivity contribution < 1.29 is 0 Å². The minimum absolute atomic E-state index is 0.527.